The lowest BCUT2D eigenvalue weighted by Gasteiger charge is -2.16. The normalized spacial score (nSPS) is 20.8. The monoisotopic (exact) mass is 444 g/mol. The van der Waals surface area contributed by atoms with Crippen molar-refractivity contribution < 1.29 is 9.53 Å². The minimum Gasteiger partial charge on any atom is -0.376 e. The number of nitrogens with one attached hydrogen (secondary N) is 1. The predicted molar refractivity (Wildman–Crippen MR) is 124 cm³/mol. The molecule has 2 aromatic rings. The maximum Gasteiger partial charge on any atom is 0.267 e. The van der Waals surface area contributed by atoms with Crippen LogP contribution >= 0.6 is 24.0 Å². The third-order valence-electron chi connectivity index (χ3n) is 4.99. The molecule has 1 amide bonds. The molecule has 0 aromatic carbocycles. The minimum absolute atomic E-state index is 0.0955. The van der Waals surface area contributed by atoms with Gasteiger partial charge >= 0.3 is 0 Å². The van der Waals surface area contributed by atoms with Crippen molar-refractivity contribution in [1.82, 2.24) is 14.3 Å². The number of ether oxygens (including phenoxy) is 1. The Balaban J connectivity index is 1.73. The highest BCUT2D eigenvalue weighted by Crippen LogP contribution is 2.33. The summed E-state index contributed by atoms with van der Waals surface area (Å²) in [7, 11) is 0. The molecular weight excluding hydrogens is 420 g/mol. The van der Waals surface area contributed by atoms with Gasteiger partial charge in [0.15, 0.2) is 0 Å². The van der Waals surface area contributed by atoms with E-state index in [1.54, 1.807) is 29.3 Å². The van der Waals surface area contributed by atoms with E-state index >= 15 is 0 Å². The van der Waals surface area contributed by atoms with E-state index in [9.17, 15) is 9.59 Å². The second-order valence-corrected chi connectivity index (χ2v) is 9.49. The molecule has 0 bridgehead atoms. The number of carbonyl (C=O) groups is 1. The number of amides is 1. The van der Waals surface area contributed by atoms with E-state index in [1.165, 1.54) is 16.2 Å². The maximum absolute atomic E-state index is 13.2. The van der Waals surface area contributed by atoms with Crippen LogP contribution in [0.3, 0.4) is 0 Å². The van der Waals surface area contributed by atoms with Crippen molar-refractivity contribution in [1.29, 1.82) is 0 Å². The van der Waals surface area contributed by atoms with Crippen molar-refractivity contribution in [3.8, 4) is 0 Å². The number of nitrogens with zero attached hydrogens (tertiary/aromatic N) is 3. The SMILES string of the molecule is CC(C)CN1C(=O)/C(=C\c2c(NC[C@@H]3CCCO3)nc3ccccn3c2=O)SC1=S. The molecule has 0 spiro atoms. The highest BCUT2D eigenvalue weighted by molar-refractivity contribution is 8.26. The van der Waals surface area contributed by atoms with Crippen LogP contribution in [0.2, 0.25) is 0 Å². The van der Waals surface area contributed by atoms with Crippen molar-refractivity contribution in [2.45, 2.75) is 32.8 Å². The van der Waals surface area contributed by atoms with Gasteiger partial charge in [0.2, 0.25) is 0 Å². The average molecular weight is 445 g/mol. The Labute approximate surface area is 184 Å². The van der Waals surface area contributed by atoms with Crippen molar-refractivity contribution in [2.75, 3.05) is 25.0 Å². The molecule has 0 radical (unpaired) electrons. The largest absolute Gasteiger partial charge is 0.376 e. The van der Waals surface area contributed by atoms with Gasteiger partial charge in [-0.1, -0.05) is 43.9 Å². The van der Waals surface area contributed by atoms with Gasteiger partial charge < -0.3 is 10.1 Å². The lowest BCUT2D eigenvalue weighted by molar-refractivity contribution is -0.122. The molecule has 0 aliphatic carbocycles. The topological polar surface area (TPSA) is 75.9 Å². The highest BCUT2D eigenvalue weighted by Gasteiger charge is 2.33. The number of hydrogen-bond donors (Lipinski definition) is 1. The number of pyridine rings is 1. The Hall–Kier alpha value is -2.23. The first kappa shape index (κ1) is 21.0. The van der Waals surface area contributed by atoms with Crippen molar-refractivity contribution in [3.05, 3.63) is 45.2 Å². The van der Waals surface area contributed by atoms with Gasteiger partial charge in [-0.3, -0.25) is 18.9 Å². The summed E-state index contributed by atoms with van der Waals surface area (Å²) in [5.74, 6) is 0.584. The van der Waals surface area contributed by atoms with Crippen LogP contribution < -0.4 is 10.9 Å². The molecule has 4 rings (SSSR count). The van der Waals surface area contributed by atoms with Gasteiger partial charge in [-0.05, 0) is 37.0 Å². The van der Waals surface area contributed by atoms with Crippen LogP contribution in [-0.2, 0) is 9.53 Å². The third-order valence-corrected chi connectivity index (χ3v) is 6.36. The summed E-state index contributed by atoms with van der Waals surface area (Å²) in [4.78, 5) is 32.8. The second kappa shape index (κ2) is 8.87. The molecule has 7 nitrogen and oxygen atoms in total. The lowest BCUT2D eigenvalue weighted by Crippen LogP contribution is -2.31. The molecule has 2 aliphatic heterocycles. The standard InChI is InChI=1S/C21H24N4O3S2/c1-13(2)12-25-20(27)16(30-21(25)29)10-15-18(22-11-14-6-5-9-28-14)23-17-7-3-4-8-24(17)19(15)26/h3-4,7-8,10,13-14,22H,5-6,9,11-12H2,1-2H3/b16-10+/t14-/m0/s1. The Kier molecular flexibility index (Phi) is 6.21. The summed E-state index contributed by atoms with van der Waals surface area (Å²) < 4.78 is 7.68. The van der Waals surface area contributed by atoms with Crippen LogP contribution in [-0.4, -0.2) is 50.3 Å². The summed E-state index contributed by atoms with van der Waals surface area (Å²) in [6, 6.07) is 5.40. The fourth-order valence-electron chi connectivity index (χ4n) is 3.54. The van der Waals surface area contributed by atoms with E-state index in [0.717, 1.165) is 19.4 Å². The third kappa shape index (κ3) is 4.28. The number of carbonyl (C=O) groups excluding carboxylic acids is 1. The molecule has 2 fully saturated rings. The first-order valence-corrected chi connectivity index (χ1v) is 11.3. The number of fused-ring (bicyclic) bond motifs is 1. The summed E-state index contributed by atoms with van der Waals surface area (Å²) in [6.45, 7) is 5.95. The van der Waals surface area contributed by atoms with Crippen LogP contribution in [0, 0.1) is 5.92 Å². The molecule has 0 saturated carbocycles. The van der Waals surface area contributed by atoms with Gasteiger partial charge in [-0.15, -0.1) is 0 Å². The van der Waals surface area contributed by atoms with E-state index in [-0.39, 0.29) is 17.6 Å². The molecule has 0 unspecified atom stereocenters. The van der Waals surface area contributed by atoms with Crippen LogP contribution in [0.15, 0.2) is 34.1 Å². The number of thiocarbonyl (C=S) groups is 1. The number of aromatic nitrogens is 2. The fourth-order valence-corrected chi connectivity index (χ4v) is 4.79. The van der Waals surface area contributed by atoms with Crippen LogP contribution in [0.1, 0.15) is 32.3 Å². The van der Waals surface area contributed by atoms with E-state index in [1.807, 2.05) is 19.9 Å². The van der Waals surface area contributed by atoms with Gasteiger partial charge in [0.1, 0.15) is 15.8 Å². The zero-order chi connectivity index (χ0) is 21.3. The zero-order valence-corrected chi connectivity index (χ0v) is 18.6. The van der Waals surface area contributed by atoms with E-state index < -0.39 is 0 Å². The van der Waals surface area contributed by atoms with Crippen molar-refractivity contribution in [3.63, 3.8) is 0 Å². The van der Waals surface area contributed by atoms with Crippen LogP contribution in [0.4, 0.5) is 5.82 Å². The Bertz CT molecular complexity index is 1070. The minimum atomic E-state index is -0.232. The summed E-state index contributed by atoms with van der Waals surface area (Å²) in [5.41, 5.74) is 0.660. The molecule has 1 N–H and O–H groups in total. The number of hydrogen-bond acceptors (Lipinski definition) is 7. The predicted octanol–water partition coefficient (Wildman–Crippen LogP) is 3.14. The number of rotatable bonds is 6. The molecule has 2 aliphatic rings. The second-order valence-electron chi connectivity index (χ2n) is 7.81. The van der Waals surface area contributed by atoms with Crippen LogP contribution in [0.5, 0.6) is 0 Å². The van der Waals surface area contributed by atoms with E-state index in [2.05, 4.69) is 10.3 Å². The van der Waals surface area contributed by atoms with E-state index in [4.69, 9.17) is 17.0 Å². The van der Waals surface area contributed by atoms with E-state index in [0.29, 0.717) is 45.3 Å². The molecule has 30 heavy (non-hydrogen) atoms. The first-order valence-electron chi connectivity index (χ1n) is 10.1. The fraction of sp³-hybridized carbons (Fsp3) is 0.429. The Morgan fingerprint density at radius 1 is 1.40 bits per heavy atom. The summed E-state index contributed by atoms with van der Waals surface area (Å²) >= 11 is 6.62. The first-order chi connectivity index (χ1) is 14.4. The van der Waals surface area contributed by atoms with Crippen molar-refractivity contribution >= 4 is 51.7 Å². The van der Waals surface area contributed by atoms with Gasteiger partial charge in [-0.2, -0.15) is 0 Å². The molecular formula is C21H24N4O3S2. The van der Waals surface area contributed by atoms with Gasteiger partial charge in [0.25, 0.3) is 11.5 Å². The van der Waals surface area contributed by atoms with Gasteiger partial charge in [-0.25, -0.2) is 4.98 Å². The Morgan fingerprint density at radius 3 is 2.97 bits per heavy atom. The van der Waals surface area contributed by atoms with Gasteiger partial charge in [0.05, 0.1) is 16.6 Å². The lowest BCUT2D eigenvalue weighted by atomic mass is 10.2. The van der Waals surface area contributed by atoms with Gasteiger partial charge in [0, 0.05) is 25.9 Å². The average Bonchev–Trinajstić information content (AvgIpc) is 3.33. The summed E-state index contributed by atoms with van der Waals surface area (Å²) in [5, 5.41) is 3.27. The van der Waals surface area contributed by atoms with Crippen LogP contribution in [0.25, 0.3) is 11.7 Å². The highest BCUT2D eigenvalue weighted by atomic mass is 32.2. The van der Waals surface area contributed by atoms with Crippen molar-refractivity contribution in [2.24, 2.45) is 5.92 Å². The maximum atomic E-state index is 13.2. The molecule has 4 heterocycles. The Morgan fingerprint density at radius 2 is 2.23 bits per heavy atom. The molecule has 1 atom stereocenters. The summed E-state index contributed by atoms with van der Waals surface area (Å²) in [6.07, 6.45) is 5.40. The quantitative estimate of drug-likeness (QED) is 0.542. The molecule has 2 saturated heterocycles. The number of anilines is 1. The molecule has 2 aromatic heterocycles. The molecule has 158 valence electrons. The number of thioether (sulfide) groups is 1. The smallest absolute Gasteiger partial charge is 0.267 e. The molecule has 9 heteroatoms. The zero-order valence-electron chi connectivity index (χ0n) is 17.0.